The lowest BCUT2D eigenvalue weighted by Gasteiger charge is -2.31. The van der Waals surface area contributed by atoms with E-state index in [0.29, 0.717) is 32.5 Å². The quantitative estimate of drug-likeness (QED) is 0.881. The summed E-state index contributed by atoms with van der Waals surface area (Å²) >= 11 is 0. The molecule has 1 aromatic rings. The number of likely N-dealkylation sites (tertiary alicyclic amines) is 1. The zero-order valence-electron chi connectivity index (χ0n) is 14.4. The van der Waals surface area contributed by atoms with E-state index in [1.807, 2.05) is 0 Å². The van der Waals surface area contributed by atoms with E-state index in [2.05, 4.69) is 10.6 Å². The number of carbonyl (C=O) groups is 2. The minimum Gasteiger partial charge on any atom is -0.450 e. The Morgan fingerprint density at radius 1 is 1.24 bits per heavy atom. The van der Waals surface area contributed by atoms with Gasteiger partial charge in [-0.2, -0.15) is 0 Å². The molecule has 1 heterocycles. The molecule has 1 aliphatic heterocycles. The van der Waals surface area contributed by atoms with Crippen molar-refractivity contribution in [1.29, 1.82) is 0 Å². The lowest BCUT2D eigenvalue weighted by atomic mass is 10.1. The third-order valence-corrected chi connectivity index (χ3v) is 4.84. The van der Waals surface area contributed by atoms with Crippen LogP contribution in [0.25, 0.3) is 0 Å². The molecule has 0 radical (unpaired) electrons. The molecule has 1 unspecified atom stereocenters. The number of benzene rings is 1. The van der Waals surface area contributed by atoms with Crippen LogP contribution in [-0.2, 0) is 11.2 Å². The highest BCUT2D eigenvalue weighted by Crippen LogP contribution is 2.31. The first kappa shape index (κ1) is 17.5. The van der Waals surface area contributed by atoms with Crippen LogP contribution in [0.4, 0.5) is 14.0 Å². The van der Waals surface area contributed by atoms with Gasteiger partial charge < -0.3 is 20.3 Å². The molecule has 1 aromatic carbocycles. The average molecular weight is 349 g/mol. The molecule has 3 rings (SSSR count). The van der Waals surface area contributed by atoms with Gasteiger partial charge in [0.15, 0.2) is 0 Å². The minimum atomic E-state index is -0.291. The van der Waals surface area contributed by atoms with E-state index in [-0.39, 0.29) is 30.0 Å². The summed E-state index contributed by atoms with van der Waals surface area (Å²) in [7, 11) is 0. The topological polar surface area (TPSA) is 70.7 Å². The van der Waals surface area contributed by atoms with Crippen molar-refractivity contribution in [2.45, 2.75) is 44.7 Å². The summed E-state index contributed by atoms with van der Waals surface area (Å²) in [5.74, 6) is -0.239. The number of carbonyl (C=O) groups excluding carboxylic acids is 2. The van der Waals surface area contributed by atoms with Gasteiger partial charge in [0.25, 0.3) is 0 Å². The van der Waals surface area contributed by atoms with Gasteiger partial charge in [0.2, 0.25) is 0 Å². The zero-order chi connectivity index (χ0) is 17.8. The van der Waals surface area contributed by atoms with E-state index in [1.54, 1.807) is 24.0 Å². The van der Waals surface area contributed by atoms with Crippen molar-refractivity contribution >= 4 is 12.1 Å². The molecule has 0 bridgehead atoms. The molecule has 1 fully saturated rings. The predicted molar refractivity (Wildman–Crippen MR) is 90.7 cm³/mol. The Balaban J connectivity index is 1.46. The third-order valence-electron chi connectivity index (χ3n) is 4.84. The first-order valence-corrected chi connectivity index (χ1v) is 8.84. The number of urea groups is 1. The van der Waals surface area contributed by atoms with E-state index in [4.69, 9.17) is 4.74 Å². The van der Waals surface area contributed by atoms with Crippen LogP contribution in [0.2, 0.25) is 0 Å². The van der Waals surface area contributed by atoms with E-state index < -0.39 is 0 Å². The third kappa shape index (κ3) is 4.21. The first-order chi connectivity index (χ1) is 12.1. The standard InChI is InChI=1S/C18H24FN3O3/c1-2-25-18(24)22-9-7-14(8-10-22)20-17(23)21-16-6-3-12-11-13(19)4-5-15(12)16/h4-5,11,14,16H,2-3,6-10H2,1H3,(H2,20,21,23). The zero-order valence-corrected chi connectivity index (χ0v) is 14.4. The molecule has 1 aliphatic carbocycles. The SMILES string of the molecule is CCOC(=O)N1CCC(NC(=O)NC2CCc3cc(F)ccc32)CC1. The first-order valence-electron chi connectivity index (χ1n) is 8.84. The van der Waals surface area contributed by atoms with Crippen molar-refractivity contribution in [3.63, 3.8) is 0 Å². The summed E-state index contributed by atoms with van der Waals surface area (Å²) in [6, 6.07) is 4.48. The van der Waals surface area contributed by atoms with Crippen molar-refractivity contribution in [2.75, 3.05) is 19.7 Å². The average Bonchev–Trinajstić information content (AvgIpc) is 2.97. The largest absolute Gasteiger partial charge is 0.450 e. The number of hydrogen-bond acceptors (Lipinski definition) is 3. The number of hydrogen-bond donors (Lipinski definition) is 2. The fourth-order valence-electron chi connectivity index (χ4n) is 3.54. The number of nitrogens with zero attached hydrogens (tertiary/aromatic N) is 1. The number of rotatable bonds is 3. The summed E-state index contributed by atoms with van der Waals surface area (Å²) < 4.78 is 18.2. The number of amides is 3. The maximum Gasteiger partial charge on any atom is 0.409 e. The van der Waals surface area contributed by atoms with Gasteiger partial charge >= 0.3 is 12.1 Å². The van der Waals surface area contributed by atoms with Crippen molar-refractivity contribution in [3.8, 4) is 0 Å². The summed E-state index contributed by atoms with van der Waals surface area (Å²) in [5, 5.41) is 5.95. The number of ether oxygens (including phenoxy) is 1. The molecule has 2 N–H and O–H groups in total. The van der Waals surface area contributed by atoms with Crippen LogP contribution >= 0.6 is 0 Å². The highest BCUT2D eigenvalue weighted by atomic mass is 19.1. The molecule has 1 saturated heterocycles. The van der Waals surface area contributed by atoms with Gasteiger partial charge in [-0.25, -0.2) is 14.0 Å². The smallest absolute Gasteiger partial charge is 0.409 e. The van der Waals surface area contributed by atoms with E-state index in [9.17, 15) is 14.0 Å². The summed E-state index contributed by atoms with van der Waals surface area (Å²) in [6.45, 7) is 3.31. The Morgan fingerprint density at radius 2 is 2.00 bits per heavy atom. The Bertz CT molecular complexity index is 644. The fraction of sp³-hybridized carbons (Fsp3) is 0.556. The Labute approximate surface area is 146 Å². The number of piperidine rings is 1. The maximum absolute atomic E-state index is 13.3. The molecule has 7 heteroatoms. The van der Waals surface area contributed by atoms with Crippen LogP contribution < -0.4 is 10.6 Å². The van der Waals surface area contributed by atoms with Crippen molar-refractivity contribution in [3.05, 3.63) is 35.1 Å². The number of halogens is 1. The summed E-state index contributed by atoms with van der Waals surface area (Å²) in [4.78, 5) is 25.6. The van der Waals surface area contributed by atoms with Gasteiger partial charge in [0.05, 0.1) is 12.6 Å². The Morgan fingerprint density at radius 3 is 2.72 bits per heavy atom. The molecule has 0 spiro atoms. The molecule has 136 valence electrons. The van der Waals surface area contributed by atoms with E-state index >= 15 is 0 Å². The molecule has 3 amide bonds. The highest BCUT2D eigenvalue weighted by Gasteiger charge is 2.27. The Kier molecular flexibility index (Phi) is 5.40. The highest BCUT2D eigenvalue weighted by molar-refractivity contribution is 5.75. The van der Waals surface area contributed by atoms with E-state index in [1.165, 1.54) is 6.07 Å². The van der Waals surface area contributed by atoms with Gasteiger partial charge in [-0.1, -0.05) is 6.07 Å². The molecule has 25 heavy (non-hydrogen) atoms. The van der Waals surface area contributed by atoms with Gasteiger partial charge in [0.1, 0.15) is 5.82 Å². The second-order valence-corrected chi connectivity index (χ2v) is 6.51. The fourth-order valence-corrected chi connectivity index (χ4v) is 3.54. The van der Waals surface area contributed by atoms with Crippen LogP contribution in [0.3, 0.4) is 0 Å². The van der Waals surface area contributed by atoms with Gasteiger partial charge in [-0.3, -0.25) is 0 Å². The lowest BCUT2D eigenvalue weighted by molar-refractivity contribution is 0.0957. The molecular formula is C18H24FN3O3. The molecule has 6 nitrogen and oxygen atoms in total. The molecule has 0 aromatic heterocycles. The molecular weight excluding hydrogens is 325 g/mol. The van der Waals surface area contributed by atoms with Crippen molar-refractivity contribution < 1.29 is 18.7 Å². The van der Waals surface area contributed by atoms with Crippen LogP contribution in [0.5, 0.6) is 0 Å². The number of fused-ring (bicyclic) bond motifs is 1. The van der Waals surface area contributed by atoms with Crippen molar-refractivity contribution in [2.24, 2.45) is 0 Å². The summed E-state index contributed by atoms with van der Waals surface area (Å²) in [5.41, 5.74) is 1.96. The predicted octanol–water partition coefficient (Wildman–Crippen LogP) is 2.73. The van der Waals surface area contributed by atoms with Crippen LogP contribution in [0, 0.1) is 5.82 Å². The second kappa shape index (κ2) is 7.72. The lowest BCUT2D eigenvalue weighted by Crippen LogP contribution is -2.49. The minimum absolute atomic E-state index is 0.0415. The molecule has 0 saturated carbocycles. The van der Waals surface area contributed by atoms with Gasteiger partial charge in [-0.05, 0) is 55.9 Å². The van der Waals surface area contributed by atoms with Crippen LogP contribution in [-0.4, -0.2) is 42.8 Å². The number of aryl methyl sites for hydroxylation is 1. The maximum atomic E-state index is 13.3. The second-order valence-electron chi connectivity index (χ2n) is 6.51. The summed E-state index contributed by atoms with van der Waals surface area (Å²) in [6.07, 6.45) is 2.68. The molecule has 2 aliphatic rings. The molecule has 1 atom stereocenters. The van der Waals surface area contributed by atoms with Crippen LogP contribution in [0.1, 0.15) is 43.4 Å². The van der Waals surface area contributed by atoms with Gasteiger partial charge in [-0.15, -0.1) is 0 Å². The van der Waals surface area contributed by atoms with Gasteiger partial charge in [0, 0.05) is 19.1 Å². The van der Waals surface area contributed by atoms with E-state index in [0.717, 1.165) is 24.0 Å². The number of nitrogens with one attached hydrogen (secondary N) is 2. The Hall–Kier alpha value is -2.31. The van der Waals surface area contributed by atoms with Crippen LogP contribution in [0.15, 0.2) is 18.2 Å². The van der Waals surface area contributed by atoms with Crippen molar-refractivity contribution in [1.82, 2.24) is 15.5 Å². The monoisotopic (exact) mass is 349 g/mol. The normalized spacial score (nSPS) is 20.1.